The highest BCUT2D eigenvalue weighted by Crippen LogP contribution is 2.27. The summed E-state index contributed by atoms with van der Waals surface area (Å²) in [5.74, 6) is 1.13. The van der Waals surface area contributed by atoms with Gasteiger partial charge in [0.2, 0.25) is 0 Å². The molecule has 0 aliphatic carbocycles. The molecule has 0 aliphatic heterocycles. The van der Waals surface area contributed by atoms with Crippen LogP contribution in [0, 0.1) is 10.1 Å². The van der Waals surface area contributed by atoms with Gasteiger partial charge < -0.3 is 4.74 Å². The van der Waals surface area contributed by atoms with Crippen LogP contribution >= 0.6 is 0 Å². The molecule has 126 valence electrons. The largest absolute Gasteiger partial charge is 0.496 e. The number of hydrogen-bond donors (Lipinski definition) is 1. The van der Waals surface area contributed by atoms with Crippen molar-refractivity contribution in [3.8, 4) is 5.75 Å². The Balaban J connectivity index is 2.17. The molecule has 0 saturated carbocycles. The van der Waals surface area contributed by atoms with Crippen LogP contribution in [0.3, 0.4) is 0 Å². The lowest BCUT2D eigenvalue weighted by atomic mass is 9.86. The molecule has 0 amide bonds. The number of pyridine rings is 1. The molecule has 24 heavy (non-hydrogen) atoms. The minimum atomic E-state index is -0.497. The average molecular weight is 328 g/mol. The molecule has 7 nitrogen and oxygen atoms in total. The molecule has 0 aliphatic rings. The minimum Gasteiger partial charge on any atom is -0.496 e. The van der Waals surface area contributed by atoms with E-state index in [2.05, 4.69) is 36.3 Å². The Morgan fingerprint density at radius 2 is 2.04 bits per heavy atom. The first-order chi connectivity index (χ1) is 11.3. The normalized spacial score (nSPS) is 11.5. The number of rotatable bonds is 5. The minimum absolute atomic E-state index is 0.0161. The molecular formula is C17H20N4O3. The van der Waals surface area contributed by atoms with Gasteiger partial charge in [0.25, 0.3) is 5.69 Å². The van der Waals surface area contributed by atoms with E-state index in [1.807, 2.05) is 18.2 Å². The third-order valence-corrected chi connectivity index (χ3v) is 3.44. The Labute approximate surface area is 140 Å². The number of hydrogen-bond acceptors (Lipinski definition) is 6. The second kappa shape index (κ2) is 7.08. The highest BCUT2D eigenvalue weighted by atomic mass is 16.6. The summed E-state index contributed by atoms with van der Waals surface area (Å²) >= 11 is 0. The van der Waals surface area contributed by atoms with Crippen LogP contribution in [-0.4, -0.2) is 23.2 Å². The molecular weight excluding hydrogens is 308 g/mol. The second-order valence-electron chi connectivity index (χ2n) is 6.24. The van der Waals surface area contributed by atoms with E-state index in [0.29, 0.717) is 11.6 Å². The van der Waals surface area contributed by atoms with E-state index in [-0.39, 0.29) is 11.1 Å². The standard InChI is InChI=1S/C17H20N4O3/c1-17(2,3)13-5-7-15(24-4)12(9-13)10-19-20-16-8-6-14(11-18-16)21(22)23/h5-11H,1-4H3,(H,18,20)/b19-10+. The summed E-state index contributed by atoms with van der Waals surface area (Å²) < 4.78 is 5.35. The molecule has 1 aromatic heterocycles. The van der Waals surface area contributed by atoms with E-state index in [4.69, 9.17) is 4.74 Å². The van der Waals surface area contributed by atoms with Crippen molar-refractivity contribution in [3.63, 3.8) is 0 Å². The lowest BCUT2D eigenvalue weighted by molar-refractivity contribution is -0.385. The summed E-state index contributed by atoms with van der Waals surface area (Å²) in [6.45, 7) is 6.40. The summed E-state index contributed by atoms with van der Waals surface area (Å²) in [5.41, 5.74) is 4.70. The number of ether oxygens (including phenoxy) is 1. The SMILES string of the molecule is COc1ccc(C(C)(C)C)cc1/C=N/Nc1ccc([N+](=O)[O-])cn1. The number of nitrogens with zero attached hydrogens (tertiary/aromatic N) is 3. The number of methoxy groups -OCH3 is 1. The smallest absolute Gasteiger partial charge is 0.287 e. The van der Waals surface area contributed by atoms with Crippen molar-refractivity contribution in [2.75, 3.05) is 12.5 Å². The fraction of sp³-hybridized carbons (Fsp3) is 0.294. The highest BCUT2D eigenvalue weighted by Gasteiger charge is 2.15. The summed E-state index contributed by atoms with van der Waals surface area (Å²) in [5, 5.41) is 14.7. The maximum Gasteiger partial charge on any atom is 0.287 e. The van der Waals surface area contributed by atoms with Gasteiger partial charge in [0.05, 0.1) is 18.2 Å². The van der Waals surface area contributed by atoms with Gasteiger partial charge in [-0.25, -0.2) is 4.98 Å². The first kappa shape index (κ1) is 17.4. The Morgan fingerprint density at radius 1 is 1.29 bits per heavy atom. The van der Waals surface area contributed by atoms with Gasteiger partial charge in [-0.2, -0.15) is 5.10 Å². The topological polar surface area (TPSA) is 89.6 Å². The molecule has 0 atom stereocenters. The highest BCUT2D eigenvalue weighted by molar-refractivity contribution is 5.84. The van der Waals surface area contributed by atoms with Gasteiger partial charge in [0, 0.05) is 11.6 Å². The quantitative estimate of drug-likeness (QED) is 0.513. The third kappa shape index (κ3) is 4.28. The number of nitrogens with one attached hydrogen (secondary N) is 1. The van der Waals surface area contributed by atoms with E-state index >= 15 is 0 Å². The molecule has 0 fully saturated rings. The zero-order chi connectivity index (χ0) is 17.7. The summed E-state index contributed by atoms with van der Waals surface area (Å²) in [4.78, 5) is 14.0. The lowest BCUT2D eigenvalue weighted by Crippen LogP contribution is -2.11. The van der Waals surface area contributed by atoms with Crippen molar-refractivity contribution >= 4 is 17.7 Å². The number of nitro groups is 1. The van der Waals surface area contributed by atoms with Gasteiger partial charge in [-0.3, -0.25) is 15.5 Å². The van der Waals surface area contributed by atoms with Crippen LogP contribution in [-0.2, 0) is 5.41 Å². The summed E-state index contributed by atoms with van der Waals surface area (Å²) in [6.07, 6.45) is 2.82. The predicted octanol–water partition coefficient (Wildman–Crippen LogP) is 3.74. The van der Waals surface area contributed by atoms with Crippen molar-refractivity contribution in [2.24, 2.45) is 5.10 Å². The van der Waals surface area contributed by atoms with Crippen LogP contribution in [0.4, 0.5) is 11.5 Å². The van der Waals surface area contributed by atoms with Gasteiger partial charge >= 0.3 is 0 Å². The molecule has 0 unspecified atom stereocenters. The van der Waals surface area contributed by atoms with Crippen LogP contribution < -0.4 is 10.2 Å². The molecule has 1 N–H and O–H groups in total. The van der Waals surface area contributed by atoms with E-state index in [1.165, 1.54) is 23.9 Å². The van der Waals surface area contributed by atoms with Gasteiger partial charge in [-0.05, 0) is 29.2 Å². The van der Waals surface area contributed by atoms with Crippen molar-refractivity contribution < 1.29 is 9.66 Å². The fourth-order valence-electron chi connectivity index (χ4n) is 2.03. The lowest BCUT2D eigenvalue weighted by Gasteiger charge is -2.20. The number of hydrazone groups is 1. The van der Waals surface area contributed by atoms with E-state index < -0.39 is 4.92 Å². The van der Waals surface area contributed by atoms with Gasteiger partial charge in [0.15, 0.2) is 0 Å². The zero-order valence-electron chi connectivity index (χ0n) is 14.1. The van der Waals surface area contributed by atoms with E-state index in [1.54, 1.807) is 13.3 Å². The van der Waals surface area contributed by atoms with Gasteiger partial charge in [0.1, 0.15) is 17.8 Å². The predicted molar refractivity (Wildman–Crippen MR) is 93.8 cm³/mol. The summed E-state index contributed by atoms with van der Waals surface area (Å²) in [7, 11) is 1.61. The summed E-state index contributed by atoms with van der Waals surface area (Å²) in [6, 6.07) is 8.82. The number of benzene rings is 1. The van der Waals surface area contributed by atoms with Crippen molar-refractivity contribution in [2.45, 2.75) is 26.2 Å². The van der Waals surface area contributed by atoms with Crippen LogP contribution in [0.15, 0.2) is 41.6 Å². The molecule has 0 saturated heterocycles. The number of anilines is 1. The van der Waals surface area contributed by atoms with Crippen molar-refractivity contribution in [3.05, 3.63) is 57.8 Å². The number of aromatic nitrogens is 1. The molecule has 0 radical (unpaired) electrons. The van der Waals surface area contributed by atoms with Crippen LogP contribution in [0.25, 0.3) is 0 Å². The molecule has 0 bridgehead atoms. The Hall–Kier alpha value is -2.96. The van der Waals surface area contributed by atoms with Crippen LogP contribution in [0.1, 0.15) is 31.9 Å². The van der Waals surface area contributed by atoms with E-state index in [0.717, 1.165) is 5.56 Å². The molecule has 0 spiro atoms. The molecule has 7 heteroatoms. The first-order valence-electron chi connectivity index (χ1n) is 7.39. The maximum atomic E-state index is 10.6. The average Bonchev–Trinajstić information content (AvgIpc) is 2.54. The molecule has 2 rings (SSSR count). The van der Waals surface area contributed by atoms with Crippen molar-refractivity contribution in [1.29, 1.82) is 0 Å². The van der Waals surface area contributed by atoms with Gasteiger partial charge in [-0.15, -0.1) is 0 Å². The van der Waals surface area contributed by atoms with E-state index in [9.17, 15) is 10.1 Å². The first-order valence-corrected chi connectivity index (χ1v) is 7.39. The molecule has 1 aromatic carbocycles. The second-order valence-corrected chi connectivity index (χ2v) is 6.24. The van der Waals surface area contributed by atoms with Crippen LogP contribution in [0.2, 0.25) is 0 Å². The monoisotopic (exact) mass is 328 g/mol. The molecule has 2 aromatic rings. The molecule has 1 heterocycles. The Morgan fingerprint density at radius 3 is 2.58 bits per heavy atom. The van der Waals surface area contributed by atoms with Gasteiger partial charge in [-0.1, -0.05) is 26.8 Å². The zero-order valence-corrected chi connectivity index (χ0v) is 14.1. The Bertz CT molecular complexity index is 749. The Kier molecular flexibility index (Phi) is 5.13. The third-order valence-electron chi connectivity index (χ3n) is 3.44. The van der Waals surface area contributed by atoms with Crippen LogP contribution in [0.5, 0.6) is 5.75 Å². The van der Waals surface area contributed by atoms with Crippen molar-refractivity contribution in [1.82, 2.24) is 4.98 Å². The maximum absolute atomic E-state index is 10.6. The fourth-order valence-corrected chi connectivity index (χ4v) is 2.03.